The minimum Gasteiger partial charge on any atom is -0.391 e. The first kappa shape index (κ1) is 33.3. The first-order valence-corrected chi connectivity index (χ1v) is 6.89. The second-order valence-corrected chi connectivity index (χ2v) is 8.68. The van der Waals surface area contributed by atoms with E-state index in [2.05, 4.69) is 0 Å². The van der Waals surface area contributed by atoms with Crippen molar-refractivity contribution in [2.45, 2.75) is 105 Å². The molecule has 0 aliphatic carbocycles. The van der Waals surface area contributed by atoms with Crippen LogP contribution in [0.2, 0.25) is 0 Å². The van der Waals surface area contributed by atoms with Crippen LogP contribution in [0, 0.1) is 0 Å². The third-order valence-electron chi connectivity index (χ3n) is 0. The van der Waals surface area contributed by atoms with Crippen LogP contribution in [0.1, 0.15) is 83.1 Å². The summed E-state index contributed by atoms with van der Waals surface area (Å²) < 4.78 is 0. The fourth-order valence-electron chi connectivity index (χ4n) is 0. The van der Waals surface area contributed by atoms with Crippen molar-refractivity contribution in [2.24, 2.45) is 0 Å². The molecule has 0 amide bonds. The van der Waals surface area contributed by atoms with Crippen LogP contribution in [0.25, 0.3) is 0 Å². The Bertz CT molecular complexity index is 130. The molecule has 0 saturated heterocycles. The average Bonchev–Trinajstić information content (AvgIpc) is 1.62. The molecule has 0 aromatic carbocycles. The van der Waals surface area contributed by atoms with Gasteiger partial charge in [-0.15, -0.1) is 0 Å². The predicted octanol–water partition coefficient (Wildman–Crippen LogP) is 2.73. The van der Waals surface area contributed by atoms with Crippen LogP contribution in [-0.2, 0) is 0 Å². The van der Waals surface area contributed by atoms with Gasteiger partial charge in [0.15, 0.2) is 0 Å². The zero-order valence-corrected chi connectivity index (χ0v) is 19.1. The zero-order chi connectivity index (χ0) is 18.0. The first-order valence-electron chi connectivity index (χ1n) is 6.89. The zero-order valence-electron chi connectivity index (χ0n) is 16.3. The Morgan fingerprint density at radius 3 is 0.333 bits per heavy atom. The standard InChI is InChI=1S/4C4H10O.Sn/c4*1-4(2,3)5;/h4*5H,1-3H3;. The van der Waals surface area contributed by atoms with Gasteiger partial charge >= 0.3 is 0 Å². The SMILES string of the molecule is CC(C)(C)O.CC(C)(C)O.CC(C)(C)O.CC(C)(C)O.[Sn]. The second kappa shape index (κ2) is 13.1. The fraction of sp³-hybridized carbons (Fsp3) is 1.00. The minimum atomic E-state index is -0.500. The van der Waals surface area contributed by atoms with Gasteiger partial charge in [0.1, 0.15) is 0 Å². The summed E-state index contributed by atoms with van der Waals surface area (Å²) in [6, 6.07) is 0. The van der Waals surface area contributed by atoms with Gasteiger partial charge in [-0.2, -0.15) is 0 Å². The summed E-state index contributed by atoms with van der Waals surface area (Å²) in [5.74, 6) is 0. The van der Waals surface area contributed by atoms with Gasteiger partial charge < -0.3 is 20.4 Å². The van der Waals surface area contributed by atoms with E-state index < -0.39 is 22.4 Å². The molecule has 0 heterocycles. The Morgan fingerprint density at radius 1 is 0.333 bits per heavy atom. The molecule has 0 bridgehead atoms. The smallest absolute Gasteiger partial charge is 0.0563 e. The molecule has 4 nitrogen and oxygen atoms in total. The summed E-state index contributed by atoms with van der Waals surface area (Å²) >= 11 is 0. The van der Waals surface area contributed by atoms with Gasteiger partial charge in [-0.1, -0.05) is 0 Å². The molecule has 5 heteroatoms. The molecule has 0 saturated carbocycles. The maximum absolute atomic E-state index is 8.52. The summed E-state index contributed by atoms with van der Waals surface area (Å²) in [6.07, 6.45) is 0. The molecule has 0 aromatic rings. The van der Waals surface area contributed by atoms with Gasteiger partial charge in [0, 0.05) is 23.9 Å². The molecule has 0 aliphatic heterocycles. The van der Waals surface area contributed by atoms with Crippen molar-refractivity contribution in [3.05, 3.63) is 0 Å². The van der Waals surface area contributed by atoms with E-state index in [0.29, 0.717) is 0 Å². The average molecular weight is 415 g/mol. The largest absolute Gasteiger partial charge is 0.391 e. The molecular formula is C16H40O4Sn. The Morgan fingerprint density at radius 2 is 0.333 bits per heavy atom. The number of aliphatic hydroxyl groups is 4. The number of rotatable bonds is 0. The van der Waals surface area contributed by atoms with Crippen molar-refractivity contribution in [2.75, 3.05) is 0 Å². The Hall–Kier alpha value is 0.639. The molecule has 0 spiro atoms. The van der Waals surface area contributed by atoms with Gasteiger partial charge in [0.25, 0.3) is 0 Å². The van der Waals surface area contributed by atoms with E-state index in [1.165, 1.54) is 0 Å². The third-order valence-corrected chi connectivity index (χ3v) is 0. The van der Waals surface area contributed by atoms with Crippen LogP contribution >= 0.6 is 0 Å². The molecule has 4 N–H and O–H groups in total. The van der Waals surface area contributed by atoms with E-state index in [1.807, 2.05) is 0 Å². The van der Waals surface area contributed by atoms with Crippen molar-refractivity contribution < 1.29 is 20.4 Å². The molecule has 0 unspecified atom stereocenters. The van der Waals surface area contributed by atoms with Crippen LogP contribution in [0.4, 0.5) is 0 Å². The normalized spacial score (nSPS) is 11.4. The summed E-state index contributed by atoms with van der Waals surface area (Å²) in [5.41, 5.74) is -2.00. The second-order valence-electron chi connectivity index (χ2n) is 8.68. The van der Waals surface area contributed by atoms with Gasteiger partial charge in [-0.3, -0.25) is 0 Å². The first-order chi connectivity index (χ1) is 8.00. The van der Waals surface area contributed by atoms with E-state index in [4.69, 9.17) is 20.4 Å². The molecule has 4 radical (unpaired) electrons. The monoisotopic (exact) mass is 416 g/mol. The van der Waals surface area contributed by atoms with Crippen molar-refractivity contribution in [3.63, 3.8) is 0 Å². The molecule has 0 fully saturated rings. The van der Waals surface area contributed by atoms with Gasteiger partial charge in [0.05, 0.1) is 22.4 Å². The van der Waals surface area contributed by atoms with Crippen LogP contribution < -0.4 is 0 Å². The molecule has 0 aliphatic rings. The summed E-state index contributed by atoms with van der Waals surface area (Å²) in [5, 5.41) is 34.1. The maximum atomic E-state index is 8.52. The molecule has 0 rings (SSSR count). The van der Waals surface area contributed by atoms with E-state index in [-0.39, 0.29) is 23.9 Å². The quantitative estimate of drug-likeness (QED) is 0.459. The molecule has 0 atom stereocenters. The topological polar surface area (TPSA) is 80.9 Å². The van der Waals surface area contributed by atoms with E-state index in [9.17, 15) is 0 Å². The molecule has 21 heavy (non-hydrogen) atoms. The Kier molecular flexibility index (Phi) is 20.8. The van der Waals surface area contributed by atoms with Crippen molar-refractivity contribution in [3.8, 4) is 0 Å². The molecule has 132 valence electrons. The maximum Gasteiger partial charge on any atom is 0.0563 e. The van der Waals surface area contributed by atoms with Crippen molar-refractivity contribution in [1.29, 1.82) is 0 Å². The minimum absolute atomic E-state index is 0. The van der Waals surface area contributed by atoms with Crippen LogP contribution in [0.15, 0.2) is 0 Å². The van der Waals surface area contributed by atoms with Crippen LogP contribution in [-0.4, -0.2) is 66.7 Å². The van der Waals surface area contributed by atoms with Gasteiger partial charge in [-0.05, 0) is 83.1 Å². The number of hydrogen-bond donors (Lipinski definition) is 4. The number of hydrogen-bond acceptors (Lipinski definition) is 4. The van der Waals surface area contributed by atoms with E-state index in [0.717, 1.165) is 0 Å². The predicted molar refractivity (Wildman–Crippen MR) is 93.6 cm³/mol. The summed E-state index contributed by atoms with van der Waals surface area (Å²) in [6.45, 7) is 20.9. The summed E-state index contributed by atoms with van der Waals surface area (Å²) in [4.78, 5) is 0. The molecule has 0 aromatic heterocycles. The Labute approximate surface area is 149 Å². The van der Waals surface area contributed by atoms with Crippen molar-refractivity contribution in [1.82, 2.24) is 0 Å². The van der Waals surface area contributed by atoms with Gasteiger partial charge in [-0.25, -0.2) is 0 Å². The van der Waals surface area contributed by atoms with Crippen LogP contribution in [0.5, 0.6) is 0 Å². The fourth-order valence-corrected chi connectivity index (χ4v) is 0. The molecular weight excluding hydrogens is 375 g/mol. The van der Waals surface area contributed by atoms with Gasteiger partial charge in [0.2, 0.25) is 0 Å². The van der Waals surface area contributed by atoms with E-state index in [1.54, 1.807) is 83.1 Å². The Balaban J connectivity index is -0.0000000533. The van der Waals surface area contributed by atoms with Crippen LogP contribution in [0.3, 0.4) is 0 Å². The summed E-state index contributed by atoms with van der Waals surface area (Å²) in [7, 11) is 0. The third kappa shape index (κ3) is 17600. The van der Waals surface area contributed by atoms with E-state index >= 15 is 0 Å². The van der Waals surface area contributed by atoms with Crippen molar-refractivity contribution >= 4 is 23.9 Å².